The lowest BCUT2D eigenvalue weighted by Gasteiger charge is -2.06. The van der Waals surface area contributed by atoms with E-state index < -0.39 is 11.8 Å². The zero-order chi connectivity index (χ0) is 17.5. The van der Waals surface area contributed by atoms with Gasteiger partial charge in [-0.05, 0) is 49.2 Å². The minimum atomic E-state index is -0.848. The van der Waals surface area contributed by atoms with Crippen LogP contribution in [0.4, 0.5) is 5.69 Å². The Labute approximate surface area is 140 Å². The number of amides is 2. The van der Waals surface area contributed by atoms with E-state index >= 15 is 0 Å². The normalized spacial score (nSPS) is 10.5. The molecule has 0 aliphatic carbocycles. The summed E-state index contributed by atoms with van der Waals surface area (Å²) in [4.78, 5) is 23.6. The van der Waals surface area contributed by atoms with Crippen molar-refractivity contribution in [3.8, 4) is 5.75 Å². The van der Waals surface area contributed by atoms with Gasteiger partial charge in [0.2, 0.25) is 0 Å². The maximum Gasteiger partial charge on any atom is 0.329 e. The third-order valence-corrected chi connectivity index (χ3v) is 3.48. The lowest BCUT2D eigenvalue weighted by molar-refractivity contribution is -0.136. The number of rotatable bonds is 4. The Morgan fingerprint density at radius 1 is 1.04 bits per heavy atom. The number of hydrogen-bond donors (Lipinski definition) is 2. The van der Waals surface area contributed by atoms with Crippen LogP contribution in [-0.2, 0) is 9.59 Å². The predicted octanol–water partition coefficient (Wildman–Crippen LogP) is 2.40. The molecule has 2 amide bonds. The average Bonchev–Trinajstić information content (AvgIpc) is 2.58. The number of nitrogens with zero attached hydrogens (tertiary/aromatic N) is 1. The Morgan fingerprint density at radius 3 is 2.50 bits per heavy atom. The van der Waals surface area contributed by atoms with Gasteiger partial charge >= 0.3 is 11.8 Å². The van der Waals surface area contributed by atoms with Gasteiger partial charge in [-0.2, -0.15) is 5.10 Å². The second-order valence-electron chi connectivity index (χ2n) is 5.19. The third-order valence-electron chi connectivity index (χ3n) is 3.48. The summed E-state index contributed by atoms with van der Waals surface area (Å²) in [7, 11) is 1.54. The molecule has 6 heteroatoms. The smallest absolute Gasteiger partial charge is 0.329 e. The highest BCUT2D eigenvalue weighted by Crippen LogP contribution is 2.15. The van der Waals surface area contributed by atoms with E-state index in [-0.39, 0.29) is 0 Å². The van der Waals surface area contributed by atoms with Crippen LogP contribution >= 0.6 is 0 Å². The fourth-order valence-corrected chi connectivity index (χ4v) is 1.99. The standard InChI is InChI=1S/C18H19N3O3/c1-12-8-9-15(10-13(12)2)20-17(22)18(23)21-19-11-14-6-4-5-7-16(14)24-3/h4-11H,1-3H3,(H,20,22)(H,21,23)/b19-11+. The van der Waals surface area contributed by atoms with E-state index in [4.69, 9.17) is 4.74 Å². The first-order valence-corrected chi connectivity index (χ1v) is 7.36. The molecule has 2 aromatic carbocycles. The lowest BCUT2D eigenvalue weighted by atomic mass is 10.1. The van der Waals surface area contributed by atoms with Crippen molar-refractivity contribution < 1.29 is 14.3 Å². The fourth-order valence-electron chi connectivity index (χ4n) is 1.99. The van der Waals surface area contributed by atoms with Gasteiger partial charge in [0, 0.05) is 11.3 Å². The molecule has 0 fully saturated rings. The number of methoxy groups -OCH3 is 1. The highest BCUT2D eigenvalue weighted by Gasteiger charge is 2.13. The zero-order valence-electron chi connectivity index (χ0n) is 13.8. The maximum absolute atomic E-state index is 11.9. The van der Waals surface area contributed by atoms with E-state index in [1.807, 2.05) is 32.0 Å². The van der Waals surface area contributed by atoms with Crippen molar-refractivity contribution in [3.05, 3.63) is 59.2 Å². The molecule has 0 bridgehead atoms. The number of para-hydroxylation sites is 1. The number of benzene rings is 2. The average molecular weight is 325 g/mol. The second kappa shape index (κ2) is 7.92. The molecular formula is C18H19N3O3. The van der Waals surface area contributed by atoms with Gasteiger partial charge in [-0.1, -0.05) is 18.2 Å². The van der Waals surface area contributed by atoms with Gasteiger partial charge in [-0.3, -0.25) is 9.59 Å². The monoisotopic (exact) mass is 325 g/mol. The van der Waals surface area contributed by atoms with Crippen LogP contribution in [0.2, 0.25) is 0 Å². The summed E-state index contributed by atoms with van der Waals surface area (Å²) in [5.74, 6) is -1.01. The predicted molar refractivity (Wildman–Crippen MR) is 93.3 cm³/mol. The number of hydrogen-bond acceptors (Lipinski definition) is 4. The largest absolute Gasteiger partial charge is 0.496 e. The highest BCUT2D eigenvalue weighted by atomic mass is 16.5. The summed E-state index contributed by atoms with van der Waals surface area (Å²) >= 11 is 0. The first-order chi connectivity index (χ1) is 11.5. The Bertz CT molecular complexity index is 785. The minimum Gasteiger partial charge on any atom is -0.496 e. The number of aryl methyl sites for hydroxylation is 2. The van der Waals surface area contributed by atoms with Crippen molar-refractivity contribution in [2.75, 3.05) is 12.4 Å². The molecule has 0 aromatic heterocycles. The first-order valence-electron chi connectivity index (χ1n) is 7.36. The Hall–Kier alpha value is -3.15. The van der Waals surface area contributed by atoms with Crippen LogP contribution < -0.4 is 15.5 Å². The van der Waals surface area contributed by atoms with Gasteiger partial charge in [0.05, 0.1) is 13.3 Å². The van der Waals surface area contributed by atoms with Crippen LogP contribution in [-0.4, -0.2) is 25.1 Å². The molecule has 0 atom stereocenters. The van der Waals surface area contributed by atoms with Gasteiger partial charge in [0.25, 0.3) is 0 Å². The lowest BCUT2D eigenvalue weighted by Crippen LogP contribution is -2.32. The minimum absolute atomic E-state index is 0.562. The molecule has 2 N–H and O–H groups in total. The number of carbonyl (C=O) groups excluding carboxylic acids is 2. The van der Waals surface area contributed by atoms with E-state index in [1.165, 1.54) is 6.21 Å². The van der Waals surface area contributed by atoms with Crippen molar-refractivity contribution in [1.29, 1.82) is 0 Å². The molecule has 0 spiro atoms. The summed E-state index contributed by atoms with van der Waals surface area (Å²) < 4.78 is 5.17. The molecule has 2 aromatic rings. The van der Waals surface area contributed by atoms with Gasteiger partial charge < -0.3 is 10.1 Å². The molecule has 0 unspecified atom stereocenters. The number of anilines is 1. The van der Waals surface area contributed by atoms with Gasteiger partial charge in [-0.25, -0.2) is 5.43 Å². The quantitative estimate of drug-likeness (QED) is 0.515. The summed E-state index contributed by atoms with van der Waals surface area (Å²) in [5.41, 5.74) is 5.58. The Kier molecular flexibility index (Phi) is 5.68. The van der Waals surface area contributed by atoms with Crippen LogP contribution in [0.25, 0.3) is 0 Å². The fraction of sp³-hybridized carbons (Fsp3) is 0.167. The molecule has 0 saturated heterocycles. The SMILES string of the molecule is COc1ccccc1/C=N/NC(=O)C(=O)Nc1ccc(C)c(C)c1. The summed E-state index contributed by atoms with van der Waals surface area (Å²) in [6.07, 6.45) is 1.42. The number of carbonyl (C=O) groups is 2. The molecule has 24 heavy (non-hydrogen) atoms. The van der Waals surface area contributed by atoms with Crippen LogP contribution in [0.5, 0.6) is 5.75 Å². The Balaban J connectivity index is 1.95. The van der Waals surface area contributed by atoms with E-state index in [9.17, 15) is 9.59 Å². The van der Waals surface area contributed by atoms with E-state index in [1.54, 1.807) is 31.4 Å². The van der Waals surface area contributed by atoms with E-state index in [0.717, 1.165) is 11.1 Å². The van der Waals surface area contributed by atoms with Gasteiger partial charge in [0.1, 0.15) is 5.75 Å². The highest BCUT2D eigenvalue weighted by molar-refractivity contribution is 6.39. The molecule has 0 aliphatic heterocycles. The molecule has 0 heterocycles. The number of nitrogens with one attached hydrogen (secondary N) is 2. The summed E-state index contributed by atoms with van der Waals surface area (Å²) in [5, 5.41) is 6.31. The molecule has 0 radical (unpaired) electrons. The molecule has 2 rings (SSSR count). The van der Waals surface area contributed by atoms with Crippen molar-refractivity contribution in [3.63, 3.8) is 0 Å². The van der Waals surface area contributed by atoms with Crippen molar-refractivity contribution >= 4 is 23.7 Å². The maximum atomic E-state index is 11.9. The topological polar surface area (TPSA) is 79.8 Å². The van der Waals surface area contributed by atoms with Crippen molar-refractivity contribution in [1.82, 2.24) is 5.43 Å². The van der Waals surface area contributed by atoms with Crippen LogP contribution in [0, 0.1) is 13.8 Å². The third kappa shape index (κ3) is 4.42. The molecule has 0 aliphatic rings. The van der Waals surface area contributed by atoms with Crippen LogP contribution in [0.1, 0.15) is 16.7 Å². The summed E-state index contributed by atoms with van der Waals surface area (Å²) in [6.45, 7) is 3.91. The van der Waals surface area contributed by atoms with Crippen LogP contribution in [0.3, 0.4) is 0 Å². The number of ether oxygens (including phenoxy) is 1. The zero-order valence-corrected chi connectivity index (χ0v) is 13.8. The molecule has 124 valence electrons. The first kappa shape index (κ1) is 17.2. The molecule has 0 saturated carbocycles. The van der Waals surface area contributed by atoms with E-state index in [2.05, 4.69) is 15.8 Å². The van der Waals surface area contributed by atoms with E-state index in [0.29, 0.717) is 17.0 Å². The van der Waals surface area contributed by atoms with Gasteiger partial charge in [-0.15, -0.1) is 0 Å². The van der Waals surface area contributed by atoms with Crippen LogP contribution in [0.15, 0.2) is 47.6 Å². The Morgan fingerprint density at radius 2 is 1.79 bits per heavy atom. The van der Waals surface area contributed by atoms with Crippen molar-refractivity contribution in [2.24, 2.45) is 5.10 Å². The number of hydrazone groups is 1. The van der Waals surface area contributed by atoms with Gasteiger partial charge in [0.15, 0.2) is 0 Å². The molecule has 6 nitrogen and oxygen atoms in total. The summed E-state index contributed by atoms with van der Waals surface area (Å²) in [6, 6.07) is 12.6. The van der Waals surface area contributed by atoms with Crippen molar-refractivity contribution in [2.45, 2.75) is 13.8 Å². The molecular weight excluding hydrogens is 306 g/mol. The second-order valence-corrected chi connectivity index (χ2v) is 5.19.